The van der Waals surface area contributed by atoms with E-state index in [-0.39, 0.29) is 16.2 Å². The Balaban J connectivity index is 1.74. The van der Waals surface area contributed by atoms with Crippen LogP contribution in [0.1, 0.15) is 79.0 Å². The summed E-state index contributed by atoms with van der Waals surface area (Å²) in [6.45, 7) is 20.4. The second kappa shape index (κ2) is 11.0. The summed E-state index contributed by atoms with van der Waals surface area (Å²) in [4.78, 5) is 14.9. The van der Waals surface area contributed by atoms with Crippen molar-refractivity contribution in [1.29, 1.82) is 0 Å². The third kappa shape index (κ3) is 8.58. The Morgan fingerprint density at radius 3 is 0.744 bits per heavy atom. The van der Waals surface area contributed by atoms with Crippen LogP contribution >= 0.6 is 0 Å². The van der Waals surface area contributed by atoms with E-state index in [2.05, 4.69) is 135 Å². The normalized spacial score (nSPS) is 12.5. The fourth-order valence-corrected chi connectivity index (χ4v) is 4.92. The minimum atomic E-state index is 0.243. The highest BCUT2D eigenvalue weighted by atomic mass is 15.0. The average Bonchev–Trinajstić information content (AvgIpc) is 2.82. The van der Waals surface area contributed by atoms with Gasteiger partial charge in [0.05, 0.1) is 0 Å². The lowest BCUT2D eigenvalue weighted by atomic mass is 9.88. The lowest BCUT2D eigenvalue weighted by Crippen LogP contribution is -2.09. The van der Waals surface area contributed by atoms with Crippen LogP contribution < -0.4 is 0 Å². The summed E-state index contributed by atoms with van der Waals surface area (Å²) >= 11 is 0. The van der Waals surface area contributed by atoms with Gasteiger partial charge in [-0.05, 0) is 52.2 Å². The summed E-state index contributed by atoms with van der Waals surface area (Å²) in [5.74, 6) is 2.11. The van der Waals surface area contributed by atoms with Crippen molar-refractivity contribution in [2.75, 3.05) is 0 Å². The highest BCUT2D eigenvalue weighted by Crippen LogP contribution is 2.29. The van der Waals surface area contributed by atoms with Crippen LogP contribution in [-0.4, -0.2) is 15.0 Å². The van der Waals surface area contributed by atoms with Gasteiger partial charge in [0.2, 0.25) is 0 Å². The maximum atomic E-state index is 4.95. The first-order valence-corrected chi connectivity index (χ1v) is 14.2. The third-order valence-electron chi connectivity index (χ3n) is 6.48. The predicted octanol–water partition coefficient (Wildman–Crippen LogP) is 9.64. The fraction of sp³-hybridized carbons (Fsp3) is 0.417. The van der Waals surface area contributed by atoms with Gasteiger partial charge >= 0.3 is 0 Å². The van der Waals surface area contributed by atoms with Gasteiger partial charge in [0.1, 0.15) is 0 Å². The number of hydrogen-bond donors (Lipinski definition) is 0. The molecule has 0 fully saturated rings. The molecule has 3 heteroatoms. The highest BCUT2D eigenvalue weighted by Gasteiger charge is 2.16. The summed E-state index contributed by atoms with van der Waals surface area (Å²) in [5, 5.41) is 0. The second-order valence-corrected chi connectivity index (χ2v) is 14.6. The summed E-state index contributed by atoms with van der Waals surface area (Å²) in [5.41, 5.74) is 7.72. The van der Waals surface area contributed by atoms with Crippen LogP contribution in [0.3, 0.4) is 0 Å². The molecule has 0 aliphatic carbocycles. The van der Waals surface area contributed by atoms with E-state index in [9.17, 15) is 0 Å². The minimum Gasteiger partial charge on any atom is -0.208 e. The molecule has 0 bridgehead atoms. The third-order valence-corrected chi connectivity index (χ3v) is 6.48. The lowest BCUT2D eigenvalue weighted by Gasteiger charge is -2.18. The van der Waals surface area contributed by atoms with Crippen LogP contribution in [0.25, 0.3) is 34.2 Å². The van der Waals surface area contributed by atoms with Gasteiger partial charge in [0.15, 0.2) is 17.5 Å². The Morgan fingerprint density at radius 1 is 0.359 bits per heavy atom. The largest absolute Gasteiger partial charge is 0.208 e. The second-order valence-electron chi connectivity index (χ2n) is 14.6. The van der Waals surface area contributed by atoms with Crippen LogP contribution in [0, 0.1) is 16.2 Å². The van der Waals surface area contributed by atoms with Gasteiger partial charge in [0.25, 0.3) is 0 Å². The van der Waals surface area contributed by atoms with Gasteiger partial charge in [-0.2, -0.15) is 0 Å². The first kappa shape index (κ1) is 28.7. The monoisotopic (exact) mass is 519 g/mol. The molecule has 0 atom stereocenters. The Labute approximate surface area is 236 Å². The number of nitrogens with zero attached hydrogens (tertiary/aromatic N) is 3. The molecular weight excluding hydrogens is 474 g/mol. The van der Waals surface area contributed by atoms with E-state index < -0.39 is 0 Å². The predicted molar refractivity (Wildman–Crippen MR) is 166 cm³/mol. The van der Waals surface area contributed by atoms with Crippen molar-refractivity contribution in [3.8, 4) is 34.2 Å². The Kier molecular flexibility index (Phi) is 8.12. The zero-order valence-electron chi connectivity index (χ0n) is 25.4. The zero-order valence-corrected chi connectivity index (χ0v) is 25.4. The SMILES string of the molecule is CC(C)(C)Cc1ccc(-c2nc(-c3ccc(CC(C)(C)C)cc3)nc(-c3ccc(CC(C)(C)C)cc3)n2)cc1. The Hall–Kier alpha value is -3.33. The van der Waals surface area contributed by atoms with Crippen molar-refractivity contribution < 1.29 is 0 Å². The number of rotatable bonds is 6. The smallest absolute Gasteiger partial charge is 0.164 e. The van der Waals surface area contributed by atoms with E-state index in [0.29, 0.717) is 17.5 Å². The molecule has 0 N–H and O–H groups in total. The maximum Gasteiger partial charge on any atom is 0.164 e. The van der Waals surface area contributed by atoms with E-state index in [1.807, 2.05) is 0 Å². The first-order valence-electron chi connectivity index (χ1n) is 14.2. The molecule has 4 aromatic rings. The van der Waals surface area contributed by atoms with E-state index in [1.54, 1.807) is 0 Å². The number of aromatic nitrogens is 3. The van der Waals surface area contributed by atoms with E-state index in [0.717, 1.165) is 36.0 Å². The van der Waals surface area contributed by atoms with Crippen LogP contribution in [0.4, 0.5) is 0 Å². The van der Waals surface area contributed by atoms with Gasteiger partial charge in [-0.25, -0.2) is 15.0 Å². The molecule has 1 aromatic heterocycles. The standard InChI is InChI=1S/C36H45N3/c1-34(2,3)22-25-10-16-28(17-11-25)31-37-32(29-18-12-26(13-19-29)23-35(4,5)6)39-33(38-31)30-20-14-27(15-21-30)24-36(7,8)9/h10-21H,22-24H2,1-9H3. The average molecular weight is 520 g/mol. The van der Waals surface area contributed by atoms with E-state index in [4.69, 9.17) is 15.0 Å². The Morgan fingerprint density at radius 2 is 0.564 bits per heavy atom. The van der Waals surface area contributed by atoms with Crippen molar-refractivity contribution in [3.63, 3.8) is 0 Å². The topological polar surface area (TPSA) is 38.7 Å². The molecule has 0 radical (unpaired) electrons. The van der Waals surface area contributed by atoms with Crippen molar-refractivity contribution in [2.45, 2.75) is 81.6 Å². The molecule has 0 spiro atoms. The van der Waals surface area contributed by atoms with Gasteiger partial charge in [-0.1, -0.05) is 135 Å². The summed E-state index contributed by atoms with van der Waals surface area (Å²) in [7, 11) is 0. The molecule has 0 aliphatic heterocycles. The van der Waals surface area contributed by atoms with Gasteiger partial charge in [0, 0.05) is 16.7 Å². The molecule has 0 aliphatic rings. The number of benzene rings is 3. The molecule has 0 saturated heterocycles. The molecule has 1 heterocycles. The van der Waals surface area contributed by atoms with Gasteiger partial charge in [-0.3, -0.25) is 0 Å². The van der Waals surface area contributed by atoms with Gasteiger partial charge in [-0.15, -0.1) is 0 Å². The molecule has 0 saturated carbocycles. The fourth-order valence-electron chi connectivity index (χ4n) is 4.92. The van der Waals surface area contributed by atoms with Crippen LogP contribution in [0.2, 0.25) is 0 Å². The van der Waals surface area contributed by atoms with Crippen molar-refractivity contribution in [2.24, 2.45) is 16.2 Å². The van der Waals surface area contributed by atoms with E-state index >= 15 is 0 Å². The van der Waals surface area contributed by atoms with Crippen LogP contribution in [0.15, 0.2) is 72.8 Å². The Bertz CT molecular complexity index is 1190. The van der Waals surface area contributed by atoms with Crippen LogP contribution in [0.5, 0.6) is 0 Å². The van der Waals surface area contributed by atoms with Crippen molar-refractivity contribution in [1.82, 2.24) is 15.0 Å². The summed E-state index contributed by atoms with van der Waals surface area (Å²) < 4.78 is 0. The van der Waals surface area contributed by atoms with Crippen molar-refractivity contribution >= 4 is 0 Å². The lowest BCUT2D eigenvalue weighted by molar-refractivity contribution is 0.411. The molecule has 4 rings (SSSR count). The summed E-state index contributed by atoms with van der Waals surface area (Å²) in [6.07, 6.45) is 3.09. The maximum absolute atomic E-state index is 4.95. The van der Waals surface area contributed by atoms with Gasteiger partial charge < -0.3 is 0 Å². The quantitative estimate of drug-likeness (QED) is 0.254. The molecule has 0 amide bonds. The molecule has 3 nitrogen and oxygen atoms in total. The molecule has 204 valence electrons. The minimum absolute atomic E-state index is 0.243. The van der Waals surface area contributed by atoms with Crippen molar-refractivity contribution in [3.05, 3.63) is 89.5 Å². The molecular formula is C36H45N3. The molecule has 3 aromatic carbocycles. The first-order chi connectivity index (χ1) is 18.1. The van der Waals surface area contributed by atoms with E-state index in [1.165, 1.54) is 16.7 Å². The molecule has 0 unspecified atom stereocenters. The zero-order chi connectivity index (χ0) is 28.4. The summed E-state index contributed by atoms with van der Waals surface area (Å²) in [6, 6.07) is 26.1. The van der Waals surface area contributed by atoms with Crippen LogP contribution in [-0.2, 0) is 19.3 Å². The number of hydrogen-bond acceptors (Lipinski definition) is 3. The molecule has 39 heavy (non-hydrogen) atoms. The highest BCUT2D eigenvalue weighted by molar-refractivity contribution is 5.66.